The SMILES string of the molecule is CCCNC(CCc1ccsc1)c1ccncc1C. The maximum atomic E-state index is 4.19. The van der Waals surface area contributed by atoms with Crippen molar-refractivity contribution in [3.8, 4) is 0 Å². The summed E-state index contributed by atoms with van der Waals surface area (Å²) in [6, 6.07) is 4.81. The first-order valence-corrected chi connectivity index (χ1v) is 7.90. The van der Waals surface area contributed by atoms with Crippen molar-refractivity contribution in [3.05, 3.63) is 52.0 Å². The summed E-state index contributed by atoms with van der Waals surface area (Å²) in [5, 5.41) is 8.07. The van der Waals surface area contributed by atoms with Gasteiger partial charge in [-0.2, -0.15) is 11.3 Å². The summed E-state index contributed by atoms with van der Waals surface area (Å²) in [6.45, 7) is 5.42. The Balaban J connectivity index is 2.05. The maximum Gasteiger partial charge on any atom is 0.0327 e. The van der Waals surface area contributed by atoms with E-state index in [1.54, 1.807) is 11.3 Å². The molecule has 3 heteroatoms. The van der Waals surface area contributed by atoms with Gasteiger partial charge in [-0.05, 0) is 72.3 Å². The average molecular weight is 274 g/mol. The summed E-state index contributed by atoms with van der Waals surface area (Å²) < 4.78 is 0. The van der Waals surface area contributed by atoms with Gasteiger partial charge in [0.1, 0.15) is 0 Å². The summed E-state index contributed by atoms with van der Waals surface area (Å²) in [6.07, 6.45) is 7.29. The molecule has 102 valence electrons. The molecule has 0 aliphatic rings. The van der Waals surface area contributed by atoms with E-state index in [1.165, 1.54) is 23.1 Å². The van der Waals surface area contributed by atoms with Crippen LogP contribution in [0.1, 0.15) is 42.5 Å². The molecule has 0 aliphatic heterocycles. The van der Waals surface area contributed by atoms with Gasteiger partial charge in [-0.15, -0.1) is 0 Å². The Bertz CT molecular complexity index is 479. The number of hydrogen-bond acceptors (Lipinski definition) is 3. The molecule has 19 heavy (non-hydrogen) atoms. The van der Waals surface area contributed by atoms with Crippen LogP contribution in [0, 0.1) is 6.92 Å². The topological polar surface area (TPSA) is 24.9 Å². The van der Waals surface area contributed by atoms with Crippen LogP contribution in [0.3, 0.4) is 0 Å². The van der Waals surface area contributed by atoms with Crippen LogP contribution < -0.4 is 5.32 Å². The standard InChI is InChI=1S/C16H22N2S/c1-3-8-18-16(5-4-14-7-10-19-12-14)15-6-9-17-11-13(15)2/h6-7,9-12,16,18H,3-5,8H2,1-2H3. The predicted octanol–water partition coefficient (Wildman–Crippen LogP) is 4.13. The molecule has 2 heterocycles. The molecular formula is C16H22N2S. The number of nitrogens with zero attached hydrogens (tertiary/aromatic N) is 1. The molecule has 0 bridgehead atoms. The van der Waals surface area contributed by atoms with Crippen molar-refractivity contribution in [3.63, 3.8) is 0 Å². The number of rotatable bonds is 7. The second-order valence-electron chi connectivity index (χ2n) is 4.91. The number of nitrogens with one attached hydrogen (secondary N) is 1. The third-order valence-corrected chi connectivity index (χ3v) is 4.11. The van der Waals surface area contributed by atoms with Crippen molar-refractivity contribution in [2.24, 2.45) is 0 Å². The smallest absolute Gasteiger partial charge is 0.0327 e. The summed E-state index contributed by atoms with van der Waals surface area (Å²) in [4.78, 5) is 4.19. The number of aromatic nitrogens is 1. The number of thiophene rings is 1. The minimum absolute atomic E-state index is 0.433. The van der Waals surface area contributed by atoms with Crippen molar-refractivity contribution in [1.82, 2.24) is 10.3 Å². The molecule has 0 radical (unpaired) electrons. The van der Waals surface area contributed by atoms with Gasteiger partial charge in [0.15, 0.2) is 0 Å². The second kappa shape index (κ2) is 7.41. The van der Waals surface area contributed by atoms with Crippen molar-refractivity contribution in [1.29, 1.82) is 0 Å². The molecule has 0 saturated heterocycles. The van der Waals surface area contributed by atoms with E-state index in [1.807, 2.05) is 12.4 Å². The molecule has 0 fully saturated rings. The van der Waals surface area contributed by atoms with E-state index >= 15 is 0 Å². The number of hydrogen-bond donors (Lipinski definition) is 1. The monoisotopic (exact) mass is 274 g/mol. The van der Waals surface area contributed by atoms with E-state index in [0.717, 1.165) is 19.4 Å². The van der Waals surface area contributed by atoms with E-state index in [2.05, 4.69) is 47.0 Å². The zero-order chi connectivity index (χ0) is 13.5. The van der Waals surface area contributed by atoms with E-state index in [0.29, 0.717) is 6.04 Å². The molecule has 1 atom stereocenters. The molecule has 1 N–H and O–H groups in total. The lowest BCUT2D eigenvalue weighted by atomic mass is 9.97. The largest absolute Gasteiger partial charge is 0.310 e. The number of aryl methyl sites for hydroxylation is 2. The first-order chi connectivity index (χ1) is 9.31. The van der Waals surface area contributed by atoms with Gasteiger partial charge < -0.3 is 5.32 Å². The van der Waals surface area contributed by atoms with Gasteiger partial charge in [-0.3, -0.25) is 4.98 Å². The van der Waals surface area contributed by atoms with E-state index in [9.17, 15) is 0 Å². The van der Waals surface area contributed by atoms with Crippen LogP contribution in [-0.4, -0.2) is 11.5 Å². The molecule has 2 rings (SSSR count). The molecule has 1 unspecified atom stereocenters. The van der Waals surface area contributed by atoms with Crippen LogP contribution in [0.5, 0.6) is 0 Å². The average Bonchev–Trinajstić information content (AvgIpc) is 2.93. The fourth-order valence-corrected chi connectivity index (χ4v) is 3.01. The Hall–Kier alpha value is -1.19. The Morgan fingerprint density at radius 3 is 2.95 bits per heavy atom. The zero-order valence-corrected chi connectivity index (χ0v) is 12.5. The summed E-state index contributed by atoms with van der Waals surface area (Å²) in [7, 11) is 0. The Morgan fingerprint density at radius 1 is 1.37 bits per heavy atom. The Kier molecular flexibility index (Phi) is 5.55. The summed E-state index contributed by atoms with van der Waals surface area (Å²) >= 11 is 1.78. The highest BCUT2D eigenvalue weighted by Gasteiger charge is 2.13. The highest BCUT2D eigenvalue weighted by atomic mass is 32.1. The Labute approximate surface area is 119 Å². The van der Waals surface area contributed by atoms with Gasteiger partial charge in [-0.25, -0.2) is 0 Å². The minimum Gasteiger partial charge on any atom is -0.310 e. The molecule has 2 nitrogen and oxygen atoms in total. The highest BCUT2D eigenvalue weighted by molar-refractivity contribution is 7.07. The van der Waals surface area contributed by atoms with Gasteiger partial charge in [0.25, 0.3) is 0 Å². The van der Waals surface area contributed by atoms with Crippen molar-refractivity contribution < 1.29 is 0 Å². The summed E-state index contributed by atoms with van der Waals surface area (Å²) in [5.74, 6) is 0. The van der Waals surface area contributed by atoms with Gasteiger partial charge in [-0.1, -0.05) is 6.92 Å². The van der Waals surface area contributed by atoms with Crippen LogP contribution in [0.15, 0.2) is 35.3 Å². The molecule has 0 saturated carbocycles. The van der Waals surface area contributed by atoms with E-state index in [-0.39, 0.29) is 0 Å². The van der Waals surface area contributed by atoms with Crippen LogP contribution >= 0.6 is 11.3 Å². The highest BCUT2D eigenvalue weighted by Crippen LogP contribution is 2.22. The molecule has 0 spiro atoms. The van der Waals surface area contributed by atoms with Gasteiger partial charge >= 0.3 is 0 Å². The molecule has 0 aliphatic carbocycles. The van der Waals surface area contributed by atoms with Gasteiger partial charge in [0.2, 0.25) is 0 Å². The predicted molar refractivity (Wildman–Crippen MR) is 82.6 cm³/mol. The quantitative estimate of drug-likeness (QED) is 0.821. The first-order valence-electron chi connectivity index (χ1n) is 6.96. The fraction of sp³-hybridized carbons (Fsp3) is 0.438. The van der Waals surface area contributed by atoms with Crippen LogP contribution in [0.2, 0.25) is 0 Å². The van der Waals surface area contributed by atoms with Gasteiger partial charge in [0, 0.05) is 18.4 Å². The van der Waals surface area contributed by atoms with Crippen molar-refractivity contribution >= 4 is 11.3 Å². The van der Waals surface area contributed by atoms with Crippen LogP contribution in [-0.2, 0) is 6.42 Å². The lowest BCUT2D eigenvalue weighted by Crippen LogP contribution is -2.23. The zero-order valence-electron chi connectivity index (χ0n) is 11.7. The third-order valence-electron chi connectivity index (χ3n) is 3.38. The molecule has 2 aromatic heterocycles. The third kappa shape index (κ3) is 4.15. The fourth-order valence-electron chi connectivity index (χ4n) is 2.31. The van der Waals surface area contributed by atoms with Crippen molar-refractivity contribution in [2.45, 2.75) is 39.2 Å². The lowest BCUT2D eigenvalue weighted by molar-refractivity contribution is 0.497. The van der Waals surface area contributed by atoms with Crippen LogP contribution in [0.4, 0.5) is 0 Å². The van der Waals surface area contributed by atoms with Crippen molar-refractivity contribution in [2.75, 3.05) is 6.54 Å². The van der Waals surface area contributed by atoms with Crippen LogP contribution in [0.25, 0.3) is 0 Å². The molecular weight excluding hydrogens is 252 g/mol. The Morgan fingerprint density at radius 2 is 2.26 bits per heavy atom. The normalized spacial score (nSPS) is 12.5. The second-order valence-corrected chi connectivity index (χ2v) is 5.69. The van der Waals surface area contributed by atoms with Gasteiger partial charge in [0.05, 0.1) is 0 Å². The number of pyridine rings is 1. The molecule has 0 aromatic carbocycles. The minimum atomic E-state index is 0.433. The molecule has 0 amide bonds. The maximum absolute atomic E-state index is 4.19. The lowest BCUT2D eigenvalue weighted by Gasteiger charge is -2.20. The van der Waals surface area contributed by atoms with E-state index in [4.69, 9.17) is 0 Å². The van der Waals surface area contributed by atoms with E-state index < -0.39 is 0 Å². The summed E-state index contributed by atoms with van der Waals surface area (Å²) in [5.41, 5.74) is 4.11. The first kappa shape index (κ1) is 14.2. The molecule has 2 aromatic rings.